The van der Waals surface area contributed by atoms with E-state index in [0.29, 0.717) is 22.2 Å². The van der Waals surface area contributed by atoms with E-state index < -0.39 is 6.04 Å². The Bertz CT molecular complexity index is 660. The van der Waals surface area contributed by atoms with E-state index in [0.717, 1.165) is 11.3 Å². The molecule has 0 aliphatic carbocycles. The van der Waals surface area contributed by atoms with Gasteiger partial charge in [-0.2, -0.15) is 0 Å². The summed E-state index contributed by atoms with van der Waals surface area (Å²) in [5.41, 5.74) is 7.37. The molecule has 0 aliphatic rings. The number of nitrogens with two attached hydrogens (primary N) is 1. The Kier molecular flexibility index (Phi) is 5.66. The zero-order valence-corrected chi connectivity index (χ0v) is 13.5. The van der Waals surface area contributed by atoms with Gasteiger partial charge in [0.1, 0.15) is 5.75 Å². The Labute approximate surface area is 139 Å². The smallest absolute Gasteiger partial charge is 0.241 e. The van der Waals surface area contributed by atoms with Crippen molar-refractivity contribution in [3.8, 4) is 5.75 Å². The summed E-state index contributed by atoms with van der Waals surface area (Å²) in [4.78, 5) is 12.1. The number of benzene rings is 2. The van der Waals surface area contributed by atoms with Gasteiger partial charge in [-0.3, -0.25) is 4.79 Å². The van der Waals surface area contributed by atoms with Crippen molar-refractivity contribution in [3.63, 3.8) is 0 Å². The second-order valence-electron chi connectivity index (χ2n) is 4.76. The lowest BCUT2D eigenvalue weighted by molar-refractivity contribution is -0.117. The van der Waals surface area contributed by atoms with Crippen LogP contribution in [-0.4, -0.2) is 19.1 Å². The van der Waals surface area contributed by atoms with Crippen molar-refractivity contribution < 1.29 is 9.53 Å². The maximum atomic E-state index is 12.1. The van der Waals surface area contributed by atoms with Crippen LogP contribution in [0.2, 0.25) is 10.0 Å². The van der Waals surface area contributed by atoms with Gasteiger partial charge in [-0.25, -0.2) is 0 Å². The van der Waals surface area contributed by atoms with Crippen LogP contribution in [0.5, 0.6) is 5.75 Å². The molecule has 2 rings (SSSR count). The summed E-state index contributed by atoms with van der Waals surface area (Å²) in [7, 11) is 1.58. The summed E-state index contributed by atoms with van der Waals surface area (Å²) in [6.45, 7) is 0. The fraction of sp³-hybridized carbons (Fsp3) is 0.188. The second kappa shape index (κ2) is 7.49. The van der Waals surface area contributed by atoms with Crippen LogP contribution in [0, 0.1) is 0 Å². The van der Waals surface area contributed by atoms with Gasteiger partial charge >= 0.3 is 0 Å². The first kappa shape index (κ1) is 16.6. The van der Waals surface area contributed by atoms with Crippen molar-refractivity contribution in [2.45, 2.75) is 12.5 Å². The zero-order valence-electron chi connectivity index (χ0n) is 12.0. The van der Waals surface area contributed by atoms with Crippen LogP contribution in [-0.2, 0) is 11.2 Å². The molecule has 22 heavy (non-hydrogen) atoms. The molecule has 6 heteroatoms. The summed E-state index contributed by atoms with van der Waals surface area (Å²) in [6.07, 6.45) is 0.331. The fourth-order valence-electron chi connectivity index (χ4n) is 1.93. The average molecular weight is 339 g/mol. The van der Waals surface area contributed by atoms with Gasteiger partial charge in [-0.05, 0) is 48.4 Å². The van der Waals surface area contributed by atoms with E-state index >= 15 is 0 Å². The molecule has 1 atom stereocenters. The summed E-state index contributed by atoms with van der Waals surface area (Å²) in [6, 6.07) is 11.4. The maximum Gasteiger partial charge on any atom is 0.241 e. The first-order valence-corrected chi connectivity index (χ1v) is 7.39. The third-order valence-corrected chi connectivity index (χ3v) is 3.74. The summed E-state index contributed by atoms with van der Waals surface area (Å²) in [5, 5.41) is 3.80. The van der Waals surface area contributed by atoms with Gasteiger partial charge in [0.2, 0.25) is 5.91 Å². The minimum Gasteiger partial charge on any atom is -0.497 e. The van der Waals surface area contributed by atoms with Crippen molar-refractivity contribution in [3.05, 3.63) is 58.1 Å². The highest BCUT2D eigenvalue weighted by molar-refractivity contribution is 6.35. The van der Waals surface area contributed by atoms with Crippen molar-refractivity contribution in [1.29, 1.82) is 0 Å². The number of amides is 1. The van der Waals surface area contributed by atoms with E-state index in [9.17, 15) is 4.79 Å². The average Bonchev–Trinajstić information content (AvgIpc) is 2.50. The van der Waals surface area contributed by atoms with E-state index in [1.54, 1.807) is 49.6 Å². The van der Waals surface area contributed by atoms with Crippen LogP contribution in [0.4, 0.5) is 5.69 Å². The van der Waals surface area contributed by atoms with Crippen molar-refractivity contribution >= 4 is 34.8 Å². The number of halogens is 2. The van der Waals surface area contributed by atoms with Crippen LogP contribution < -0.4 is 15.8 Å². The van der Waals surface area contributed by atoms with Gasteiger partial charge in [0.05, 0.1) is 13.2 Å². The van der Waals surface area contributed by atoms with Gasteiger partial charge in [0, 0.05) is 15.7 Å². The maximum absolute atomic E-state index is 12.1. The second-order valence-corrected chi connectivity index (χ2v) is 5.61. The molecule has 0 saturated carbocycles. The lowest BCUT2D eigenvalue weighted by Crippen LogP contribution is -2.37. The molecule has 0 fully saturated rings. The molecule has 4 nitrogen and oxygen atoms in total. The van der Waals surface area contributed by atoms with Gasteiger partial charge in [-0.1, -0.05) is 29.3 Å². The Morgan fingerprint density at radius 2 is 1.91 bits per heavy atom. The lowest BCUT2D eigenvalue weighted by Gasteiger charge is -2.13. The number of hydrogen-bond donors (Lipinski definition) is 2. The molecule has 0 unspecified atom stereocenters. The minimum atomic E-state index is -0.708. The standard InChI is InChI=1S/C16H16Cl2N2O2/c1-22-13-6-4-12(5-7-13)20-16(21)15(19)8-10-2-3-11(17)9-14(10)18/h2-7,9,15H,8,19H2,1H3,(H,20,21)/t15-/m1/s1. The first-order valence-electron chi connectivity index (χ1n) is 6.64. The molecule has 1 amide bonds. The summed E-state index contributed by atoms with van der Waals surface area (Å²) < 4.78 is 5.06. The largest absolute Gasteiger partial charge is 0.497 e. The Hall–Kier alpha value is -1.75. The van der Waals surface area contributed by atoms with Crippen LogP contribution in [0.25, 0.3) is 0 Å². The molecule has 0 bridgehead atoms. The molecule has 0 saturated heterocycles. The van der Waals surface area contributed by atoms with E-state index in [1.807, 2.05) is 0 Å². The highest BCUT2D eigenvalue weighted by atomic mass is 35.5. The Morgan fingerprint density at radius 3 is 2.50 bits per heavy atom. The van der Waals surface area contributed by atoms with E-state index in [2.05, 4.69) is 5.32 Å². The Balaban J connectivity index is 1.99. The van der Waals surface area contributed by atoms with Crippen LogP contribution in [0.3, 0.4) is 0 Å². The topological polar surface area (TPSA) is 64.3 Å². The van der Waals surface area contributed by atoms with Crippen molar-refractivity contribution in [2.24, 2.45) is 5.73 Å². The SMILES string of the molecule is COc1ccc(NC(=O)[C@H](N)Cc2ccc(Cl)cc2Cl)cc1. The number of hydrogen-bond acceptors (Lipinski definition) is 3. The van der Waals surface area contributed by atoms with Gasteiger partial charge in [-0.15, -0.1) is 0 Å². The van der Waals surface area contributed by atoms with Crippen LogP contribution in [0.1, 0.15) is 5.56 Å². The third-order valence-electron chi connectivity index (χ3n) is 3.15. The van der Waals surface area contributed by atoms with Gasteiger partial charge in [0.15, 0.2) is 0 Å². The number of methoxy groups -OCH3 is 1. The highest BCUT2D eigenvalue weighted by Gasteiger charge is 2.16. The molecule has 0 aliphatic heterocycles. The zero-order chi connectivity index (χ0) is 16.1. The predicted octanol–water partition coefficient (Wildman–Crippen LogP) is 3.51. The molecule has 2 aromatic rings. The summed E-state index contributed by atoms with van der Waals surface area (Å²) >= 11 is 11.9. The number of rotatable bonds is 5. The number of anilines is 1. The molecular weight excluding hydrogens is 323 g/mol. The summed E-state index contributed by atoms with van der Waals surface area (Å²) in [5.74, 6) is 0.437. The quantitative estimate of drug-likeness (QED) is 0.876. The van der Waals surface area contributed by atoms with Crippen LogP contribution in [0.15, 0.2) is 42.5 Å². The molecular formula is C16H16Cl2N2O2. The number of nitrogens with one attached hydrogen (secondary N) is 1. The molecule has 2 aromatic carbocycles. The number of carbonyl (C=O) groups is 1. The number of ether oxygens (including phenoxy) is 1. The molecule has 0 spiro atoms. The van der Waals surface area contributed by atoms with Crippen molar-refractivity contribution in [2.75, 3.05) is 12.4 Å². The van der Waals surface area contributed by atoms with Crippen LogP contribution >= 0.6 is 23.2 Å². The molecule has 0 heterocycles. The molecule has 0 radical (unpaired) electrons. The monoisotopic (exact) mass is 338 g/mol. The minimum absolute atomic E-state index is 0.281. The number of carbonyl (C=O) groups excluding carboxylic acids is 1. The van der Waals surface area contributed by atoms with Gasteiger partial charge in [0.25, 0.3) is 0 Å². The molecule has 0 aromatic heterocycles. The normalized spacial score (nSPS) is 11.8. The predicted molar refractivity (Wildman–Crippen MR) is 89.8 cm³/mol. The van der Waals surface area contributed by atoms with E-state index in [1.165, 1.54) is 0 Å². The first-order chi connectivity index (χ1) is 10.5. The fourth-order valence-corrected chi connectivity index (χ4v) is 2.41. The highest BCUT2D eigenvalue weighted by Crippen LogP contribution is 2.22. The third kappa shape index (κ3) is 4.37. The molecule has 116 valence electrons. The molecule has 3 N–H and O–H groups in total. The van der Waals surface area contributed by atoms with Gasteiger partial charge < -0.3 is 15.8 Å². The van der Waals surface area contributed by atoms with E-state index in [4.69, 9.17) is 33.7 Å². The lowest BCUT2D eigenvalue weighted by atomic mass is 10.1. The Morgan fingerprint density at radius 1 is 1.23 bits per heavy atom. The van der Waals surface area contributed by atoms with Crippen molar-refractivity contribution in [1.82, 2.24) is 0 Å². The van der Waals surface area contributed by atoms with E-state index in [-0.39, 0.29) is 5.91 Å².